The van der Waals surface area contributed by atoms with Crippen molar-refractivity contribution in [3.8, 4) is 5.75 Å². The summed E-state index contributed by atoms with van der Waals surface area (Å²) in [4.78, 5) is 23.4. The van der Waals surface area contributed by atoms with Crippen molar-refractivity contribution in [3.05, 3.63) is 65.4 Å². The highest BCUT2D eigenvalue weighted by atomic mass is 19.1. The first kappa shape index (κ1) is 21.8. The SMILES string of the molecule is CN(C(=O)c1cc2c(cc1F)nc(N)c1cncn12)[C@@H]1COc2cc(C3CCOC3(C)C)ccc21. The molecular weight excluding hydrogens is 449 g/mol. The normalized spacial score (nSPS) is 20.8. The summed E-state index contributed by atoms with van der Waals surface area (Å²) in [6.45, 7) is 5.26. The number of hydrogen-bond donors (Lipinski definition) is 1. The highest BCUT2D eigenvalue weighted by Crippen LogP contribution is 2.44. The number of hydrogen-bond acceptors (Lipinski definition) is 6. The number of fused-ring (bicyclic) bond motifs is 4. The number of carbonyl (C=O) groups excluding carboxylic acids is 1. The maximum atomic E-state index is 15.1. The fourth-order valence-corrected chi connectivity index (χ4v) is 5.40. The Morgan fingerprint density at radius 1 is 1.26 bits per heavy atom. The molecule has 0 bridgehead atoms. The molecule has 4 heterocycles. The Kier molecular flexibility index (Phi) is 4.76. The van der Waals surface area contributed by atoms with E-state index < -0.39 is 11.7 Å². The first-order valence-corrected chi connectivity index (χ1v) is 11.6. The molecule has 9 heteroatoms. The molecule has 1 saturated heterocycles. The van der Waals surface area contributed by atoms with Crippen LogP contribution in [0.4, 0.5) is 10.2 Å². The third-order valence-corrected chi connectivity index (χ3v) is 7.40. The van der Waals surface area contributed by atoms with E-state index in [0.29, 0.717) is 23.2 Å². The predicted molar refractivity (Wildman–Crippen MR) is 129 cm³/mol. The molecule has 0 spiro atoms. The van der Waals surface area contributed by atoms with Gasteiger partial charge < -0.3 is 20.1 Å². The number of likely N-dealkylation sites (N-methyl/N-ethyl adjacent to an activating group) is 1. The summed E-state index contributed by atoms with van der Waals surface area (Å²) in [5.41, 5.74) is 9.27. The maximum absolute atomic E-state index is 15.1. The van der Waals surface area contributed by atoms with Crippen LogP contribution < -0.4 is 10.5 Å². The maximum Gasteiger partial charge on any atom is 0.257 e. The van der Waals surface area contributed by atoms with Crippen LogP contribution in [-0.4, -0.2) is 51.0 Å². The van der Waals surface area contributed by atoms with Gasteiger partial charge in [-0.05, 0) is 38.0 Å². The number of nitrogens with two attached hydrogens (primary N) is 1. The summed E-state index contributed by atoms with van der Waals surface area (Å²) in [5.74, 6) is 0.194. The number of nitrogens with zero attached hydrogens (tertiary/aromatic N) is 4. The molecule has 2 atom stereocenters. The number of carbonyl (C=O) groups is 1. The number of imidazole rings is 1. The molecule has 0 saturated carbocycles. The van der Waals surface area contributed by atoms with Gasteiger partial charge in [0.15, 0.2) is 0 Å². The van der Waals surface area contributed by atoms with Crippen molar-refractivity contribution in [2.24, 2.45) is 0 Å². The lowest BCUT2D eigenvalue weighted by Gasteiger charge is -2.27. The topological polar surface area (TPSA) is 95.0 Å². The lowest BCUT2D eigenvalue weighted by molar-refractivity contribution is 0.0270. The van der Waals surface area contributed by atoms with Crippen LogP contribution in [0.15, 0.2) is 42.9 Å². The Balaban J connectivity index is 1.33. The Labute approximate surface area is 201 Å². The van der Waals surface area contributed by atoms with Crippen molar-refractivity contribution in [3.63, 3.8) is 0 Å². The van der Waals surface area contributed by atoms with Crippen LogP contribution in [0.1, 0.15) is 53.7 Å². The van der Waals surface area contributed by atoms with E-state index in [1.807, 2.05) is 6.07 Å². The van der Waals surface area contributed by atoms with Gasteiger partial charge in [0.05, 0.1) is 40.8 Å². The summed E-state index contributed by atoms with van der Waals surface area (Å²) in [6.07, 6.45) is 4.11. The molecule has 1 unspecified atom stereocenters. The van der Waals surface area contributed by atoms with Gasteiger partial charge in [-0.15, -0.1) is 0 Å². The van der Waals surface area contributed by atoms with Gasteiger partial charge in [0.2, 0.25) is 0 Å². The zero-order valence-electron chi connectivity index (χ0n) is 19.8. The van der Waals surface area contributed by atoms with Crippen LogP contribution >= 0.6 is 0 Å². The van der Waals surface area contributed by atoms with Crippen molar-refractivity contribution in [2.45, 2.75) is 37.8 Å². The number of benzene rings is 2. The van der Waals surface area contributed by atoms with E-state index in [1.54, 1.807) is 24.0 Å². The van der Waals surface area contributed by atoms with E-state index in [4.69, 9.17) is 15.2 Å². The first-order chi connectivity index (χ1) is 16.7. The van der Waals surface area contributed by atoms with Gasteiger partial charge in [0.1, 0.15) is 29.5 Å². The van der Waals surface area contributed by atoms with Gasteiger partial charge in [-0.25, -0.2) is 14.4 Å². The Bertz CT molecular complexity index is 1500. The molecule has 2 aliphatic rings. The van der Waals surface area contributed by atoms with Gasteiger partial charge >= 0.3 is 0 Å². The molecule has 180 valence electrons. The van der Waals surface area contributed by atoms with E-state index in [0.717, 1.165) is 29.9 Å². The van der Waals surface area contributed by atoms with Crippen molar-refractivity contribution in [2.75, 3.05) is 26.0 Å². The van der Waals surface area contributed by atoms with E-state index >= 15 is 4.39 Å². The number of halogens is 1. The number of amides is 1. The predicted octanol–water partition coefficient (Wildman–Crippen LogP) is 4.09. The minimum Gasteiger partial charge on any atom is -0.491 e. The third kappa shape index (κ3) is 3.33. The zero-order valence-corrected chi connectivity index (χ0v) is 19.8. The Hall–Kier alpha value is -3.72. The quantitative estimate of drug-likeness (QED) is 0.480. The van der Waals surface area contributed by atoms with E-state index in [2.05, 4.69) is 35.9 Å². The number of nitrogen functional groups attached to an aromatic ring is 1. The van der Waals surface area contributed by atoms with Crippen LogP contribution in [-0.2, 0) is 4.74 Å². The van der Waals surface area contributed by atoms with E-state index in [-0.39, 0.29) is 28.9 Å². The second-order valence-corrected chi connectivity index (χ2v) is 9.80. The van der Waals surface area contributed by atoms with E-state index in [9.17, 15) is 4.79 Å². The molecule has 2 aliphatic heterocycles. The lowest BCUT2D eigenvalue weighted by Crippen LogP contribution is -2.32. The van der Waals surface area contributed by atoms with Crippen LogP contribution in [0, 0.1) is 5.82 Å². The minimum atomic E-state index is -0.654. The summed E-state index contributed by atoms with van der Waals surface area (Å²) >= 11 is 0. The van der Waals surface area contributed by atoms with Crippen molar-refractivity contribution >= 4 is 28.3 Å². The molecule has 2 aromatic carbocycles. The molecule has 0 aliphatic carbocycles. The molecule has 4 aromatic rings. The summed E-state index contributed by atoms with van der Waals surface area (Å²) in [5, 5.41) is 0. The van der Waals surface area contributed by atoms with Gasteiger partial charge in [0.25, 0.3) is 5.91 Å². The van der Waals surface area contributed by atoms with Crippen molar-refractivity contribution < 1.29 is 18.7 Å². The second-order valence-electron chi connectivity index (χ2n) is 9.80. The van der Waals surface area contributed by atoms with Gasteiger partial charge in [0, 0.05) is 31.2 Å². The molecule has 1 fully saturated rings. The number of ether oxygens (including phenoxy) is 2. The fraction of sp³-hybridized carbons (Fsp3) is 0.346. The standard InChI is InChI=1S/C26H26FN5O3/c1-26(2)17(6-7-35-26)14-4-5-15-22(12-34-23(15)8-14)31(3)25(33)16-9-20-19(10-18(16)27)30-24(28)21-11-29-13-32(20)21/h4-5,8-11,13,17,22H,6-7,12H2,1-3H3,(H2,28,30)/t17?,22-/m1/s1. The highest BCUT2D eigenvalue weighted by molar-refractivity contribution is 5.98. The van der Waals surface area contributed by atoms with Crippen LogP contribution in [0.3, 0.4) is 0 Å². The van der Waals surface area contributed by atoms with Gasteiger partial charge in [-0.3, -0.25) is 9.20 Å². The number of anilines is 1. The zero-order chi connectivity index (χ0) is 24.5. The van der Waals surface area contributed by atoms with Gasteiger partial charge in [-0.1, -0.05) is 12.1 Å². The molecule has 2 aromatic heterocycles. The van der Waals surface area contributed by atoms with Crippen LogP contribution in [0.25, 0.3) is 16.6 Å². The summed E-state index contributed by atoms with van der Waals surface area (Å²) in [7, 11) is 1.67. The third-order valence-electron chi connectivity index (χ3n) is 7.40. The van der Waals surface area contributed by atoms with Crippen LogP contribution in [0.2, 0.25) is 0 Å². The smallest absolute Gasteiger partial charge is 0.257 e. The molecule has 6 rings (SSSR count). The molecular formula is C26H26FN5O3. The molecule has 0 radical (unpaired) electrons. The van der Waals surface area contributed by atoms with E-state index in [1.165, 1.54) is 17.0 Å². The Morgan fingerprint density at radius 2 is 2.09 bits per heavy atom. The second kappa shape index (κ2) is 7.64. The molecule has 2 N–H and O–H groups in total. The monoisotopic (exact) mass is 475 g/mol. The molecule has 1 amide bonds. The minimum absolute atomic E-state index is 0.0449. The van der Waals surface area contributed by atoms with Crippen molar-refractivity contribution in [1.82, 2.24) is 19.3 Å². The number of aromatic nitrogens is 3. The Morgan fingerprint density at radius 3 is 2.86 bits per heavy atom. The van der Waals surface area contributed by atoms with Gasteiger partial charge in [-0.2, -0.15) is 0 Å². The molecule has 35 heavy (non-hydrogen) atoms. The summed E-state index contributed by atoms with van der Waals surface area (Å²) in [6, 6.07) is 8.57. The lowest BCUT2D eigenvalue weighted by atomic mass is 9.84. The highest BCUT2D eigenvalue weighted by Gasteiger charge is 2.38. The molecule has 8 nitrogen and oxygen atoms in total. The van der Waals surface area contributed by atoms with Crippen LogP contribution in [0.5, 0.6) is 5.75 Å². The van der Waals surface area contributed by atoms with Crippen molar-refractivity contribution in [1.29, 1.82) is 0 Å². The average molecular weight is 476 g/mol. The number of rotatable bonds is 3. The first-order valence-electron chi connectivity index (χ1n) is 11.6. The fourth-order valence-electron chi connectivity index (χ4n) is 5.40. The largest absolute Gasteiger partial charge is 0.491 e. The summed E-state index contributed by atoms with van der Waals surface area (Å²) < 4.78 is 28.7. The average Bonchev–Trinajstić information content (AvgIpc) is 3.55.